The van der Waals surface area contributed by atoms with Gasteiger partial charge in [0, 0.05) is 0 Å². The van der Waals surface area contributed by atoms with Crippen LogP contribution in [0.2, 0.25) is 0 Å². The first-order chi connectivity index (χ1) is 6.47. The van der Waals surface area contributed by atoms with Crippen molar-refractivity contribution in [2.45, 2.75) is 17.9 Å². The summed E-state index contributed by atoms with van der Waals surface area (Å²) in [6.07, 6.45) is -4.38. The largest absolute Gasteiger partial charge is 0.416 e. The first-order valence-corrected chi connectivity index (χ1v) is 4.73. The van der Waals surface area contributed by atoms with Crippen molar-refractivity contribution >= 4 is 23.2 Å². The van der Waals surface area contributed by atoms with Crippen molar-refractivity contribution in [3.05, 3.63) is 29.1 Å². The Morgan fingerprint density at radius 1 is 1.07 bits per heavy atom. The molecule has 0 radical (unpaired) electrons. The normalized spacial score (nSPS) is 11.8. The third-order valence-corrected chi connectivity index (χ3v) is 2.08. The van der Waals surface area contributed by atoms with Gasteiger partial charge in [0.15, 0.2) is 0 Å². The molecule has 0 aliphatic rings. The van der Waals surface area contributed by atoms with Crippen LogP contribution in [-0.2, 0) is 17.9 Å². The molecule has 1 aromatic rings. The highest BCUT2D eigenvalue weighted by Crippen LogP contribution is 2.30. The van der Waals surface area contributed by atoms with Gasteiger partial charge in [-0.3, -0.25) is 4.98 Å². The van der Waals surface area contributed by atoms with Crippen molar-refractivity contribution in [3.63, 3.8) is 0 Å². The van der Waals surface area contributed by atoms with Crippen LogP contribution in [0.4, 0.5) is 13.2 Å². The predicted octanol–water partition coefficient (Wildman–Crippen LogP) is 3.58. The maximum atomic E-state index is 12.3. The third-order valence-electron chi connectivity index (χ3n) is 1.53. The Labute approximate surface area is 88.8 Å². The van der Waals surface area contributed by atoms with Crippen LogP contribution in [0.5, 0.6) is 0 Å². The molecule has 78 valence electrons. The molecule has 0 atom stereocenters. The summed E-state index contributed by atoms with van der Waals surface area (Å²) >= 11 is 10.8. The van der Waals surface area contributed by atoms with Crippen molar-refractivity contribution in [2.24, 2.45) is 0 Å². The van der Waals surface area contributed by atoms with Crippen LogP contribution in [0, 0.1) is 0 Å². The van der Waals surface area contributed by atoms with Crippen molar-refractivity contribution in [1.29, 1.82) is 0 Å². The monoisotopic (exact) mass is 243 g/mol. The molecule has 14 heavy (non-hydrogen) atoms. The average molecular weight is 244 g/mol. The Hall–Kier alpha value is -0.480. The standard InChI is InChI=1S/C8H6Cl2F3N/c9-3-6-1-5(8(11,12)13)2-7(4-10)14-6/h1-2H,3-4H2. The minimum absolute atomic E-state index is 0.0617. The van der Waals surface area contributed by atoms with Crippen LogP contribution >= 0.6 is 23.2 Å². The van der Waals surface area contributed by atoms with Crippen molar-refractivity contribution in [3.8, 4) is 0 Å². The highest BCUT2D eigenvalue weighted by atomic mass is 35.5. The molecular weight excluding hydrogens is 238 g/mol. The molecule has 0 spiro atoms. The van der Waals surface area contributed by atoms with Gasteiger partial charge in [0.2, 0.25) is 0 Å². The predicted molar refractivity (Wildman–Crippen MR) is 48.4 cm³/mol. The van der Waals surface area contributed by atoms with Crippen LogP contribution < -0.4 is 0 Å². The molecule has 0 saturated carbocycles. The van der Waals surface area contributed by atoms with E-state index in [1.807, 2.05) is 0 Å². The fourth-order valence-corrected chi connectivity index (χ4v) is 1.22. The van der Waals surface area contributed by atoms with Gasteiger partial charge in [-0.05, 0) is 12.1 Å². The summed E-state index contributed by atoms with van der Waals surface area (Å²) in [5.41, 5.74) is -0.409. The summed E-state index contributed by atoms with van der Waals surface area (Å²) in [5, 5.41) is 0. The third kappa shape index (κ3) is 2.75. The van der Waals surface area contributed by atoms with E-state index in [0.29, 0.717) is 0 Å². The number of alkyl halides is 5. The van der Waals surface area contributed by atoms with Crippen LogP contribution in [-0.4, -0.2) is 4.98 Å². The molecule has 1 heterocycles. The van der Waals surface area contributed by atoms with E-state index >= 15 is 0 Å². The number of pyridine rings is 1. The Morgan fingerprint density at radius 3 is 1.79 bits per heavy atom. The summed E-state index contributed by atoms with van der Waals surface area (Å²) < 4.78 is 36.9. The molecular formula is C8H6Cl2F3N. The van der Waals surface area contributed by atoms with E-state index in [9.17, 15) is 13.2 Å². The van der Waals surface area contributed by atoms with E-state index < -0.39 is 11.7 Å². The van der Waals surface area contributed by atoms with Gasteiger partial charge < -0.3 is 0 Å². The van der Waals surface area contributed by atoms with E-state index in [1.165, 1.54) is 0 Å². The summed E-state index contributed by atoms with van der Waals surface area (Å²) in [4.78, 5) is 3.82. The van der Waals surface area contributed by atoms with Gasteiger partial charge >= 0.3 is 6.18 Å². The van der Waals surface area contributed by atoms with Gasteiger partial charge in [-0.1, -0.05) is 0 Å². The van der Waals surface area contributed by atoms with Gasteiger partial charge in [0.25, 0.3) is 0 Å². The average Bonchev–Trinajstić information content (AvgIpc) is 2.15. The van der Waals surface area contributed by atoms with Crippen LogP contribution in [0.15, 0.2) is 12.1 Å². The van der Waals surface area contributed by atoms with E-state index in [0.717, 1.165) is 12.1 Å². The summed E-state index contributed by atoms with van der Waals surface area (Å²) in [7, 11) is 0. The maximum absolute atomic E-state index is 12.3. The Bertz CT molecular complexity index is 303. The zero-order valence-corrected chi connectivity index (χ0v) is 8.42. The van der Waals surface area contributed by atoms with E-state index in [1.54, 1.807) is 0 Å². The first kappa shape index (κ1) is 11.6. The molecule has 0 aromatic carbocycles. The molecule has 0 N–H and O–H groups in total. The first-order valence-electron chi connectivity index (χ1n) is 3.66. The minimum Gasteiger partial charge on any atom is -0.255 e. The van der Waals surface area contributed by atoms with Crippen LogP contribution in [0.25, 0.3) is 0 Å². The summed E-state index contributed by atoms with van der Waals surface area (Å²) in [6, 6.07) is 1.84. The zero-order chi connectivity index (χ0) is 10.8. The van der Waals surface area contributed by atoms with Crippen molar-refractivity contribution in [1.82, 2.24) is 4.98 Å². The highest BCUT2D eigenvalue weighted by molar-refractivity contribution is 6.17. The lowest BCUT2D eigenvalue weighted by Gasteiger charge is -2.09. The second kappa shape index (κ2) is 4.36. The van der Waals surface area contributed by atoms with Gasteiger partial charge in [0.05, 0.1) is 28.7 Å². The topological polar surface area (TPSA) is 12.9 Å². The lowest BCUT2D eigenvalue weighted by molar-refractivity contribution is -0.137. The maximum Gasteiger partial charge on any atom is 0.416 e. The number of aromatic nitrogens is 1. The van der Waals surface area contributed by atoms with Crippen LogP contribution in [0.1, 0.15) is 17.0 Å². The van der Waals surface area contributed by atoms with Crippen molar-refractivity contribution < 1.29 is 13.2 Å². The second-order valence-corrected chi connectivity index (χ2v) is 3.14. The number of hydrogen-bond donors (Lipinski definition) is 0. The van der Waals surface area contributed by atoms with Gasteiger partial charge in [-0.2, -0.15) is 13.2 Å². The Morgan fingerprint density at radius 2 is 1.50 bits per heavy atom. The van der Waals surface area contributed by atoms with Gasteiger partial charge in [0.1, 0.15) is 0 Å². The molecule has 0 fully saturated rings. The quantitative estimate of drug-likeness (QED) is 0.724. The molecule has 0 aliphatic carbocycles. The fraction of sp³-hybridized carbons (Fsp3) is 0.375. The van der Waals surface area contributed by atoms with Crippen LogP contribution in [0.3, 0.4) is 0 Å². The van der Waals surface area contributed by atoms with Crippen molar-refractivity contribution in [2.75, 3.05) is 0 Å². The lowest BCUT2D eigenvalue weighted by Crippen LogP contribution is -2.07. The molecule has 0 amide bonds. The Balaban J connectivity index is 3.17. The molecule has 1 nitrogen and oxygen atoms in total. The Kier molecular flexibility index (Phi) is 3.61. The van der Waals surface area contributed by atoms with Gasteiger partial charge in [-0.25, -0.2) is 0 Å². The number of rotatable bonds is 2. The number of nitrogens with zero attached hydrogens (tertiary/aromatic N) is 1. The molecule has 1 aromatic heterocycles. The van der Waals surface area contributed by atoms with E-state index in [4.69, 9.17) is 23.2 Å². The second-order valence-electron chi connectivity index (χ2n) is 2.60. The summed E-state index contributed by atoms with van der Waals surface area (Å²) in [6.45, 7) is 0. The zero-order valence-electron chi connectivity index (χ0n) is 6.91. The molecule has 0 aliphatic heterocycles. The number of halogens is 5. The molecule has 0 unspecified atom stereocenters. The van der Waals surface area contributed by atoms with E-state index in [2.05, 4.69) is 4.98 Å². The van der Waals surface area contributed by atoms with E-state index in [-0.39, 0.29) is 23.1 Å². The molecule has 1 rings (SSSR count). The minimum atomic E-state index is -4.38. The SMILES string of the molecule is FC(F)(F)c1cc(CCl)nc(CCl)c1. The molecule has 0 saturated heterocycles. The molecule has 0 bridgehead atoms. The fourth-order valence-electron chi connectivity index (χ4n) is 0.950. The smallest absolute Gasteiger partial charge is 0.255 e. The lowest BCUT2D eigenvalue weighted by atomic mass is 10.2. The van der Waals surface area contributed by atoms with Gasteiger partial charge in [-0.15, -0.1) is 23.2 Å². The number of hydrogen-bond acceptors (Lipinski definition) is 1. The molecule has 6 heteroatoms. The summed E-state index contributed by atoms with van der Waals surface area (Å²) in [5.74, 6) is -0.123. The highest BCUT2D eigenvalue weighted by Gasteiger charge is 2.31.